The first-order chi connectivity index (χ1) is 11.5. The molecule has 0 bridgehead atoms. The SMILES string of the molecule is C=Cc1ccc(OCCCCCCN(CC(C)C)CC(C)C)cc1. The number of hydrogen-bond acceptors (Lipinski definition) is 2. The van der Waals surface area contributed by atoms with E-state index in [0.29, 0.717) is 0 Å². The minimum Gasteiger partial charge on any atom is -0.494 e. The monoisotopic (exact) mass is 331 g/mol. The van der Waals surface area contributed by atoms with Gasteiger partial charge in [-0.25, -0.2) is 0 Å². The predicted octanol–water partition coefficient (Wildman–Crippen LogP) is 5.88. The summed E-state index contributed by atoms with van der Waals surface area (Å²) in [6.07, 6.45) is 6.84. The summed E-state index contributed by atoms with van der Waals surface area (Å²) in [5.41, 5.74) is 1.13. The van der Waals surface area contributed by atoms with Gasteiger partial charge in [0.15, 0.2) is 0 Å². The molecule has 0 saturated carbocycles. The van der Waals surface area contributed by atoms with E-state index in [2.05, 4.69) is 39.2 Å². The van der Waals surface area contributed by atoms with E-state index in [0.717, 1.165) is 36.2 Å². The van der Waals surface area contributed by atoms with Gasteiger partial charge in [-0.15, -0.1) is 0 Å². The minimum absolute atomic E-state index is 0.754. The summed E-state index contributed by atoms with van der Waals surface area (Å²) in [5.74, 6) is 2.47. The summed E-state index contributed by atoms with van der Waals surface area (Å²) in [7, 11) is 0. The third-order valence-electron chi connectivity index (χ3n) is 4.00. The minimum atomic E-state index is 0.754. The Balaban J connectivity index is 2.10. The highest BCUT2D eigenvalue weighted by Crippen LogP contribution is 2.14. The van der Waals surface area contributed by atoms with Crippen LogP contribution in [-0.2, 0) is 0 Å². The number of rotatable bonds is 13. The molecule has 0 aromatic heterocycles. The van der Waals surface area contributed by atoms with Crippen LogP contribution in [0.15, 0.2) is 30.8 Å². The van der Waals surface area contributed by atoms with Crippen LogP contribution in [0.3, 0.4) is 0 Å². The summed E-state index contributed by atoms with van der Waals surface area (Å²) < 4.78 is 5.79. The molecular formula is C22H37NO. The molecule has 0 spiro atoms. The van der Waals surface area contributed by atoms with Crippen molar-refractivity contribution < 1.29 is 4.74 Å². The van der Waals surface area contributed by atoms with Crippen LogP contribution in [0, 0.1) is 11.8 Å². The molecule has 136 valence electrons. The number of ether oxygens (including phenoxy) is 1. The lowest BCUT2D eigenvalue weighted by atomic mass is 10.1. The Labute approximate surface area is 149 Å². The molecule has 0 aliphatic heterocycles. The summed E-state index contributed by atoms with van der Waals surface area (Å²) in [6, 6.07) is 8.13. The molecule has 0 radical (unpaired) electrons. The van der Waals surface area contributed by atoms with Gasteiger partial charge in [0.25, 0.3) is 0 Å². The molecule has 0 fully saturated rings. The van der Waals surface area contributed by atoms with Gasteiger partial charge in [-0.3, -0.25) is 0 Å². The van der Waals surface area contributed by atoms with Gasteiger partial charge in [0, 0.05) is 13.1 Å². The molecule has 2 nitrogen and oxygen atoms in total. The van der Waals surface area contributed by atoms with Gasteiger partial charge in [-0.1, -0.05) is 65.3 Å². The normalized spacial score (nSPS) is 11.5. The fraction of sp³-hybridized carbons (Fsp3) is 0.636. The molecule has 0 heterocycles. The lowest BCUT2D eigenvalue weighted by Gasteiger charge is -2.26. The number of benzene rings is 1. The number of nitrogens with zero attached hydrogens (tertiary/aromatic N) is 1. The van der Waals surface area contributed by atoms with Crippen LogP contribution in [0.25, 0.3) is 6.08 Å². The molecule has 1 rings (SSSR count). The van der Waals surface area contributed by atoms with Gasteiger partial charge < -0.3 is 9.64 Å². The molecule has 0 aliphatic rings. The fourth-order valence-corrected chi connectivity index (χ4v) is 2.97. The van der Waals surface area contributed by atoms with Gasteiger partial charge in [-0.2, -0.15) is 0 Å². The van der Waals surface area contributed by atoms with Crippen molar-refractivity contribution in [2.45, 2.75) is 53.4 Å². The van der Waals surface area contributed by atoms with E-state index in [-0.39, 0.29) is 0 Å². The van der Waals surface area contributed by atoms with Crippen molar-refractivity contribution in [3.8, 4) is 5.75 Å². The molecule has 0 saturated heterocycles. The molecule has 2 heteroatoms. The zero-order valence-corrected chi connectivity index (χ0v) is 16.3. The Morgan fingerprint density at radius 2 is 1.50 bits per heavy atom. The topological polar surface area (TPSA) is 12.5 Å². The molecule has 1 aromatic carbocycles. The maximum absolute atomic E-state index is 5.79. The molecule has 0 amide bonds. The Morgan fingerprint density at radius 1 is 0.917 bits per heavy atom. The van der Waals surface area contributed by atoms with E-state index in [9.17, 15) is 0 Å². The fourth-order valence-electron chi connectivity index (χ4n) is 2.97. The Morgan fingerprint density at radius 3 is 2.04 bits per heavy atom. The van der Waals surface area contributed by atoms with Gasteiger partial charge in [0.2, 0.25) is 0 Å². The predicted molar refractivity (Wildman–Crippen MR) is 107 cm³/mol. The first kappa shape index (κ1) is 20.8. The smallest absolute Gasteiger partial charge is 0.119 e. The molecule has 1 aromatic rings. The molecule has 0 atom stereocenters. The molecule has 24 heavy (non-hydrogen) atoms. The zero-order chi connectivity index (χ0) is 17.8. The summed E-state index contributed by atoms with van der Waals surface area (Å²) in [6.45, 7) is 17.5. The maximum atomic E-state index is 5.79. The van der Waals surface area contributed by atoms with Gasteiger partial charge in [0.05, 0.1) is 6.61 Å². The van der Waals surface area contributed by atoms with Gasteiger partial charge in [0.1, 0.15) is 5.75 Å². The molecule has 0 N–H and O–H groups in total. The van der Waals surface area contributed by atoms with E-state index in [1.54, 1.807) is 0 Å². The lowest BCUT2D eigenvalue weighted by Crippen LogP contribution is -2.32. The van der Waals surface area contributed by atoms with Crippen molar-refractivity contribution in [1.29, 1.82) is 0 Å². The quantitative estimate of drug-likeness (QED) is 0.418. The van der Waals surface area contributed by atoms with Crippen molar-refractivity contribution in [1.82, 2.24) is 4.90 Å². The third-order valence-corrected chi connectivity index (χ3v) is 4.00. The van der Waals surface area contributed by atoms with E-state index < -0.39 is 0 Å². The van der Waals surface area contributed by atoms with Gasteiger partial charge >= 0.3 is 0 Å². The van der Waals surface area contributed by atoms with Crippen molar-refractivity contribution in [2.75, 3.05) is 26.2 Å². The van der Waals surface area contributed by atoms with Crippen LogP contribution in [-0.4, -0.2) is 31.1 Å². The van der Waals surface area contributed by atoms with Crippen LogP contribution in [0.5, 0.6) is 5.75 Å². The van der Waals surface area contributed by atoms with Crippen molar-refractivity contribution in [3.63, 3.8) is 0 Å². The Kier molecular flexibility index (Phi) is 10.5. The second-order valence-corrected chi connectivity index (χ2v) is 7.58. The zero-order valence-electron chi connectivity index (χ0n) is 16.3. The summed E-state index contributed by atoms with van der Waals surface area (Å²) >= 11 is 0. The largest absolute Gasteiger partial charge is 0.494 e. The summed E-state index contributed by atoms with van der Waals surface area (Å²) in [5, 5.41) is 0. The molecule has 0 aliphatic carbocycles. The van der Waals surface area contributed by atoms with Crippen LogP contribution in [0.1, 0.15) is 58.9 Å². The Bertz CT molecular complexity index is 426. The van der Waals surface area contributed by atoms with E-state index in [4.69, 9.17) is 4.74 Å². The van der Waals surface area contributed by atoms with E-state index >= 15 is 0 Å². The standard InChI is InChI=1S/C22H37NO/c1-6-21-11-13-22(14-12-21)24-16-10-8-7-9-15-23(17-19(2)3)18-20(4)5/h6,11-14,19-20H,1,7-10,15-18H2,2-5H3. The highest BCUT2D eigenvalue weighted by Gasteiger charge is 2.08. The second-order valence-electron chi connectivity index (χ2n) is 7.58. The lowest BCUT2D eigenvalue weighted by molar-refractivity contribution is 0.214. The number of hydrogen-bond donors (Lipinski definition) is 0. The molecular weight excluding hydrogens is 294 g/mol. The van der Waals surface area contributed by atoms with Crippen LogP contribution >= 0.6 is 0 Å². The van der Waals surface area contributed by atoms with E-state index in [1.807, 2.05) is 30.3 Å². The van der Waals surface area contributed by atoms with Crippen LogP contribution < -0.4 is 4.74 Å². The van der Waals surface area contributed by atoms with Gasteiger partial charge in [-0.05, 0) is 48.9 Å². The summed E-state index contributed by atoms with van der Waals surface area (Å²) in [4.78, 5) is 2.63. The third kappa shape index (κ3) is 9.77. The molecule has 0 unspecified atom stereocenters. The second kappa shape index (κ2) is 12.1. The van der Waals surface area contributed by atoms with Crippen LogP contribution in [0.2, 0.25) is 0 Å². The number of unbranched alkanes of at least 4 members (excludes halogenated alkanes) is 3. The van der Waals surface area contributed by atoms with Crippen molar-refractivity contribution in [2.24, 2.45) is 11.8 Å². The van der Waals surface area contributed by atoms with E-state index in [1.165, 1.54) is 38.9 Å². The Hall–Kier alpha value is -1.28. The maximum Gasteiger partial charge on any atom is 0.119 e. The van der Waals surface area contributed by atoms with Crippen LogP contribution in [0.4, 0.5) is 0 Å². The average Bonchev–Trinajstić information content (AvgIpc) is 2.53. The van der Waals surface area contributed by atoms with Crippen molar-refractivity contribution >= 4 is 6.08 Å². The highest BCUT2D eigenvalue weighted by molar-refractivity contribution is 5.48. The first-order valence-corrected chi connectivity index (χ1v) is 9.59. The first-order valence-electron chi connectivity index (χ1n) is 9.59. The van der Waals surface area contributed by atoms with Crippen molar-refractivity contribution in [3.05, 3.63) is 36.4 Å². The average molecular weight is 332 g/mol. The highest BCUT2D eigenvalue weighted by atomic mass is 16.5.